The first-order chi connectivity index (χ1) is 7.86. The lowest BCUT2D eigenvalue weighted by molar-refractivity contribution is 0.0659. The van der Waals surface area contributed by atoms with Gasteiger partial charge >= 0.3 is 0 Å². The fourth-order valence-electron chi connectivity index (χ4n) is 1.30. The van der Waals surface area contributed by atoms with Gasteiger partial charge in [-0.1, -0.05) is 28.1 Å². The van der Waals surface area contributed by atoms with Crippen LogP contribution >= 0.6 is 15.9 Å². The van der Waals surface area contributed by atoms with Crippen molar-refractivity contribution in [2.24, 2.45) is 0 Å². The predicted molar refractivity (Wildman–Crippen MR) is 72.3 cm³/mol. The predicted octanol–water partition coefficient (Wildman–Crippen LogP) is 2.33. The van der Waals surface area contributed by atoms with Crippen molar-refractivity contribution in [3.63, 3.8) is 0 Å². The maximum atomic E-state index is 12.0. The van der Waals surface area contributed by atoms with Crippen molar-refractivity contribution in [1.29, 1.82) is 0 Å². The minimum Gasteiger partial charge on any atom is -0.394 e. The molecule has 17 heavy (non-hydrogen) atoms. The van der Waals surface area contributed by atoms with E-state index in [4.69, 9.17) is 0 Å². The smallest absolute Gasteiger partial charge is 0.176 e. The molecule has 0 atom stereocenters. The number of rotatable bonds is 5. The highest BCUT2D eigenvalue weighted by molar-refractivity contribution is 9.10. The first-order valence-electron chi connectivity index (χ1n) is 5.47. The molecule has 0 spiro atoms. The number of aliphatic hydroxyl groups excluding tert-OH is 1. The Kier molecular flexibility index (Phi) is 4.86. The summed E-state index contributed by atoms with van der Waals surface area (Å²) in [6, 6.07) is 7.33. The molecule has 1 aromatic carbocycles. The summed E-state index contributed by atoms with van der Waals surface area (Å²) >= 11 is 3.34. The number of halogens is 1. The average Bonchev–Trinajstić information content (AvgIpc) is 2.28. The Hall–Kier alpha value is -0.710. The fourth-order valence-corrected chi connectivity index (χ4v) is 1.70. The SMILES string of the molecule is CN(CC(=O)c1cccc(Br)c1)C(C)(C)CO. The molecule has 4 heteroatoms. The molecule has 1 N–H and O–H groups in total. The van der Waals surface area contributed by atoms with E-state index in [2.05, 4.69) is 15.9 Å². The van der Waals surface area contributed by atoms with E-state index in [0.29, 0.717) is 12.1 Å². The minimum atomic E-state index is -0.387. The second-order valence-corrected chi connectivity index (χ2v) is 5.68. The first-order valence-corrected chi connectivity index (χ1v) is 6.27. The Morgan fingerprint density at radius 1 is 1.47 bits per heavy atom. The van der Waals surface area contributed by atoms with Crippen LogP contribution in [0.15, 0.2) is 28.7 Å². The van der Waals surface area contributed by atoms with Gasteiger partial charge in [0, 0.05) is 15.6 Å². The average molecular weight is 300 g/mol. The molecule has 0 amide bonds. The largest absolute Gasteiger partial charge is 0.394 e. The van der Waals surface area contributed by atoms with Gasteiger partial charge in [-0.05, 0) is 33.0 Å². The van der Waals surface area contributed by atoms with Crippen LogP contribution in [0.1, 0.15) is 24.2 Å². The van der Waals surface area contributed by atoms with Crippen LogP contribution in [-0.2, 0) is 0 Å². The van der Waals surface area contributed by atoms with Crippen molar-refractivity contribution in [3.8, 4) is 0 Å². The highest BCUT2D eigenvalue weighted by atomic mass is 79.9. The van der Waals surface area contributed by atoms with Crippen LogP contribution in [0.4, 0.5) is 0 Å². The van der Waals surface area contributed by atoms with E-state index in [-0.39, 0.29) is 17.9 Å². The second kappa shape index (κ2) is 5.76. The molecule has 1 rings (SSSR count). The van der Waals surface area contributed by atoms with E-state index in [9.17, 15) is 9.90 Å². The normalized spacial score (nSPS) is 11.9. The lowest BCUT2D eigenvalue weighted by Crippen LogP contribution is -2.46. The third kappa shape index (κ3) is 3.91. The van der Waals surface area contributed by atoms with Gasteiger partial charge in [0.1, 0.15) is 0 Å². The van der Waals surface area contributed by atoms with Crippen LogP contribution in [0.3, 0.4) is 0 Å². The summed E-state index contributed by atoms with van der Waals surface area (Å²) in [6.45, 7) is 4.13. The molecular weight excluding hydrogens is 282 g/mol. The Labute approximate surface area is 111 Å². The molecule has 0 bridgehead atoms. The van der Waals surface area contributed by atoms with Gasteiger partial charge in [0.2, 0.25) is 0 Å². The van der Waals surface area contributed by atoms with E-state index in [1.54, 1.807) is 6.07 Å². The number of Topliss-reactive ketones (excluding diaryl/α,β-unsaturated/α-hetero) is 1. The van der Waals surface area contributed by atoms with Crippen molar-refractivity contribution in [3.05, 3.63) is 34.3 Å². The van der Waals surface area contributed by atoms with Crippen LogP contribution in [0.25, 0.3) is 0 Å². The Morgan fingerprint density at radius 2 is 2.12 bits per heavy atom. The second-order valence-electron chi connectivity index (χ2n) is 4.76. The molecule has 0 heterocycles. The number of hydrogen-bond donors (Lipinski definition) is 1. The number of hydrogen-bond acceptors (Lipinski definition) is 3. The van der Waals surface area contributed by atoms with E-state index in [0.717, 1.165) is 4.47 Å². The highest BCUT2D eigenvalue weighted by Gasteiger charge is 2.24. The van der Waals surface area contributed by atoms with E-state index in [1.807, 2.05) is 44.0 Å². The lowest BCUT2D eigenvalue weighted by atomic mass is 10.0. The molecule has 0 aliphatic heterocycles. The third-order valence-electron chi connectivity index (χ3n) is 2.95. The number of benzene rings is 1. The van der Waals surface area contributed by atoms with Gasteiger partial charge in [0.25, 0.3) is 0 Å². The van der Waals surface area contributed by atoms with Gasteiger partial charge in [-0.3, -0.25) is 9.69 Å². The van der Waals surface area contributed by atoms with Gasteiger partial charge in [0.05, 0.1) is 13.2 Å². The molecule has 0 radical (unpaired) electrons. The zero-order valence-corrected chi connectivity index (χ0v) is 12.0. The van der Waals surface area contributed by atoms with Gasteiger partial charge in [-0.15, -0.1) is 0 Å². The molecule has 94 valence electrons. The van der Waals surface area contributed by atoms with Gasteiger partial charge in [0.15, 0.2) is 5.78 Å². The molecule has 0 aromatic heterocycles. The van der Waals surface area contributed by atoms with Crippen molar-refractivity contribution >= 4 is 21.7 Å². The molecule has 3 nitrogen and oxygen atoms in total. The lowest BCUT2D eigenvalue weighted by Gasteiger charge is -2.33. The number of carbonyl (C=O) groups is 1. The molecule has 0 aliphatic rings. The van der Waals surface area contributed by atoms with Crippen LogP contribution in [0.5, 0.6) is 0 Å². The number of likely N-dealkylation sites (N-methyl/N-ethyl adjacent to an activating group) is 1. The summed E-state index contributed by atoms with van der Waals surface area (Å²) in [6.07, 6.45) is 0. The van der Waals surface area contributed by atoms with E-state index < -0.39 is 0 Å². The quantitative estimate of drug-likeness (QED) is 0.849. The summed E-state index contributed by atoms with van der Waals surface area (Å²) in [5.74, 6) is 0.0512. The number of carbonyl (C=O) groups excluding carboxylic acids is 1. The summed E-state index contributed by atoms with van der Waals surface area (Å²) in [7, 11) is 1.84. The summed E-state index contributed by atoms with van der Waals surface area (Å²) in [5.41, 5.74) is 0.293. The molecule has 0 fully saturated rings. The van der Waals surface area contributed by atoms with Gasteiger partial charge in [-0.2, -0.15) is 0 Å². The Bertz CT molecular complexity index is 404. The Balaban J connectivity index is 2.73. The van der Waals surface area contributed by atoms with Crippen molar-refractivity contribution in [2.45, 2.75) is 19.4 Å². The first kappa shape index (κ1) is 14.4. The minimum absolute atomic E-state index is 0.0231. The maximum Gasteiger partial charge on any atom is 0.176 e. The zero-order chi connectivity index (χ0) is 13.1. The van der Waals surface area contributed by atoms with Crippen LogP contribution in [0.2, 0.25) is 0 Å². The van der Waals surface area contributed by atoms with Crippen LogP contribution in [0, 0.1) is 0 Å². The number of ketones is 1. The molecule has 0 saturated carbocycles. The molecular formula is C13H18BrNO2. The van der Waals surface area contributed by atoms with Gasteiger partial charge < -0.3 is 5.11 Å². The summed E-state index contributed by atoms with van der Waals surface area (Å²) in [4.78, 5) is 13.9. The van der Waals surface area contributed by atoms with Crippen molar-refractivity contribution in [2.75, 3.05) is 20.2 Å². The van der Waals surface area contributed by atoms with Crippen molar-refractivity contribution in [1.82, 2.24) is 4.90 Å². The Morgan fingerprint density at radius 3 is 2.65 bits per heavy atom. The fraction of sp³-hybridized carbons (Fsp3) is 0.462. The number of aliphatic hydroxyl groups is 1. The molecule has 0 aliphatic carbocycles. The summed E-state index contributed by atoms with van der Waals surface area (Å²) < 4.78 is 0.896. The topological polar surface area (TPSA) is 40.5 Å². The van der Waals surface area contributed by atoms with Crippen molar-refractivity contribution < 1.29 is 9.90 Å². The highest BCUT2D eigenvalue weighted by Crippen LogP contribution is 2.15. The third-order valence-corrected chi connectivity index (χ3v) is 3.44. The standard InChI is InChI=1S/C13H18BrNO2/c1-13(2,9-16)15(3)8-12(17)10-5-4-6-11(14)7-10/h4-7,16H,8-9H2,1-3H3. The van der Waals surface area contributed by atoms with Crippen LogP contribution in [-0.4, -0.2) is 41.5 Å². The molecule has 0 unspecified atom stereocenters. The molecule has 1 aromatic rings. The van der Waals surface area contributed by atoms with Crippen LogP contribution < -0.4 is 0 Å². The molecule has 0 saturated heterocycles. The van der Waals surface area contributed by atoms with E-state index in [1.165, 1.54) is 0 Å². The monoisotopic (exact) mass is 299 g/mol. The summed E-state index contributed by atoms with van der Waals surface area (Å²) in [5, 5.41) is 9.23. The number of nitrogens with zero attached hydrogens (tertiary/aromatic N) is 1. The van der Waals surface area contributed by atoms with E-state index >= 15 is 0 Å². The van der Waals surface area contributed by atoms with Gasteiger partial charge in [-0.25, -0.2) is 0 Å². The maximum absolute atomic E-state index is 12.0. The zero-order valence-electron chi connectivity index (χ0n) is 10.4.